The van der Waals surface area contributed by atoms with Crippen LogP contribution in [-0.2, 0) is 11.3 Å². The van der Waals surface area contributed by atoms with Crippen LogP contribution in [0.1, 0.15) is 27.2 Å². The Kier molecular flexibility index (Phi) is 4.20. The summed E-state index contributed by atoms with van der Waals surface area (Å²) < 4.78 is 12.3. The third-order valence-corrected chi connectivity index (χ3v) is 4.70. The first-order valence-corrected chi connectivity index (χ1v) is 8.64. The summed E-state index contributed by atoms with van der Waals surface area (Å²) >= 11 is 6.18. The van der Waals surface area contributed by atoms with E-state index < -0.39 is 11.6 Å². The van der Waals surface area contributed by atoms with Gasteiger partial charge in [-0.2, -0.15) is 0 Å². The van der Waals surface area contributed by atoms with Crippen molar-refractivity contribution >= 4 is 34.2 Å². The van der Waals surface area contributed by atoms with Gasteiger partial charge in [-0.3, -0.25) is 0 Å². The van der Waals surface area contributed by atoms with Crippen molar-refractivity contribution in [1.82, 2.24) is 9.38 Å². The van der Waals surface area contributed by atoms with Gasteiger partial charge in [-0.25, -0.2) is 14.6 Å². The zero-order valence-corrected chi connectivity index (χ0v) is 15.4. The number of nitrogens with zero attached hydrogens (tertiary/aromatic N) is 2. The third kappa shape index (κ3) is 3.31. The number of fused-ring (bicyclic) bond motifs is 2. The van der Waals surface area contributed by atoms with E-state index in [0.29, 0.717) is 27.2 Å². The molecule has 136 valence electrons. The average molecular weight is 383 g/mol. The van der Waals surface area contributed by atoms with Crippen LogP contribution in [0.25, 0.3) is 16.6 Å². The summed E-state index contributed by atoms with van der Waals surface area (Å²) in [6.45, 7) is 3.68. The van der Waals surface area contributed by atoms with Gasteiger partial charge in [-0.1, -0.05) is 11.6 Å². The smallest absolute Gasteiger partial charge is 0.358 e. The second kappa shape index (κ2) is 6.55. The molecule has 0 bridgehead atoms. The summed E-state index contributed by atoms with van der Waals surface area (Å²) in [6.07, 6.45) is 3.43. The van der Waals surface area contributed by atoms with Crippen LogP contribution < -0.4 is 5.63 Å². The highest BCUT2D eigenvalue weighted by molar-refractivity contribution is 6.32. The molecule has 3 aromatic heterocycles. The van der Waals surface area contributed by atoms with E-state index in [1.54, 1.807) is 22.7 Å². The third-order valence-electron chi connectivity index (χ3n) is 4.29. The Morgan fingerprint density at radius 2 is 2.07 bits per heavy atom. The van der Waals surface area contributed by atoms with Crippen molar-refractivity contribution in [3.63, 3.8) is 0 Å². The van der Waals surface area contributed by atoms with Crippen LogP contribution in [0, 0.1) is 13.8 Å². The predicted octanol–water partition coefficient (Wildman–Crippen LogP) is 4.07. The lowest BCUT2D eigenvalue weighted by atomic mass is 10.1. The van der Waals surface area contributed by atoms with Crippen LogP contribution in [0.4, 0.5) is 0 Å². The molecule has 7 heteroatoms. The van der Waals surface area contributed by atoms with Crippen molar-refractivity contribution in [3.8, 4) is 0 Å². The largest absolute Gasteiger partial charge is 0.456 e. The van der Waals surface area contributed by atoms with Gasteiger partial charge in [0.1, 0.15) is 17.8 Å². The zero-order chi connectivity index (χ0) is 19.1. The summed E-state index contributed by atoms with van der Waals surface area (Å²) in [5.41, 5.74) is 3.11. The molecule has 0 saturated carbocycles. The van der Waals surface area contributed by atoms with E-state index in [4.69, 9.17) is 20.8 Å². The van der Waals surface area contributed by atoms with Gasteiger partial charge in [-0.15, -0.1) is 0 Å². The predicted molar refractivity (Wildman–Crippen MR) is 101 cm³/mol. The van der Waals surface area contributed by atoms with Crippen LogP contribution >= 0.6 is 11.6 Å². The van der Waals surface area contributed by atoms with Gasteiger partial charge >= 0.3 is 11.6 Å². The van der Waals surface area contributed by atoms with E-state index >= 15 is 0 Å². The minimum absolute atomic E-state index is 0.0901. The Bertz CT molecular complexity index is 1260. The molecule has 0 unspecified atom stereocenters. The average Bonchev–Trinajstić information content (AvgIpc) is 3.04. The molecule has 6 nitrogen and oxygen atoms in total. The summed E-state index contributed by atoms with van der Waals surface area (Å²) in [6, 6.07) is 8.48. The maximum Gasteiger partial charge on any atom is 0.358 e. The Morgan fingerprint density at radius 3 is 2.89 bits per heavy atom. The minimum atomic E-state index is -0.573. The molecular formula is C20H15ClN2O4. The summed E-state index contributed by atoms with van der Waals surface area (Å²) in [5, 5.41) is 1.17. The Labute approximate surface area is 159 Å². The molecule has 0 atom stereocenters. The molecule has 0 radical (unpaired) electrons. The Morgan fingerprint density at radius 1 is 1.26 bits per heavy atom. The number of rotatable bonds is 3. The molecule has 0 aliphatic carbocycles. The highest BCUT2D eigenvalue weighted by Crippen LogP contribution is 2.25. The quantitative estimate of drug-likeness (QED) is 0.394. The van der Waals surface area contributed by atoms with Gasteiger partial charge in [0.25, 0.3) is 0 Å². The number of carbonyl (C=O) groups excluding carboxylic acids is 1. The fraction of sp³-hybridized carbons (Fsp3) is 0.150. The van der Waals surface area contributed by atoms with Crippen LogP contribution in [0.3, 0.4) is 0 Å². The number of pyridine rings is 1. The number of benzene rings is 1. The number of hydrogen-bond donors (Lipinski definition) is 0. The number of esters is 1. The molecule has 0 saturated heterocycles. The lowest BCUT2D eigenvalue weighted by Crippen LogP contribution is -2.08. The van der Waals surface area contributed by atoms with Gasteiger partial charge in [0.05, 0.1) is 0 Å². The van der Waals surface area contributed by atoms with Crippen molar-refractivity contribution in [1.29, 1.82) is 0 Å². The van der Waals surface area contributed by atoms with E-state index in [2.05, 4.69) is 4.98 Å². The number of hydrogen-bond acceptors (Lipinski definition) is 5. The molecule has 4 rings (SSSR count). The maximum absolute atomic E-state index is 12.4. The van der Waals surface area contributed by atoms with Crippen molar-refractivity contribution in [3.05, 3.63) is 80.6 Å². The Balaban J connectivity index is 1.63. The number of aryl methyl sites for hydroxylation is 2. The van der Waals surface area contributed by atoms with Gasteiger partial charge in [0.15, 0.2) is 5.69 Å². The van der Waals surface area contributed by atoms with Crippen LogP contribution in [0.15, 0.2) is 51.9 Å². The first-order valence-electron chi connectivity index (χ1n) is 8.26. The molecule has 0 fully saturated rings. The van der Waals surface area contributed by atoms with Gasteiger partial charge in [0, 0.05) is 34.4 Å². The maximum atomic E-state index is 12.4. The van der Waals surface area contributed by atoms with Crippen LogP contribution in [0.5, 0.6) is 0 Å². The van der Waals surface area contributed by atoms with Crippen LogP contribution in [-0.4, -0.2) is 15.4 Å². The van der Waals surface area contributed by atoms with E-state index in [9.17, 15) is 9.59 Å². The number of ether oxygens (including phenoxy) is 1. The standard InChI is InChI=1S/C20H15ClN2O4/c1-11-3-4-23-9-16(22-18(23)5-11)20(25)26-10-13-7-19(24)27-17-6-12(2)15(21)8-14(13)17/h3-9H,10H2,1-2H3. The number of aromatic nitrogens is 2. The Hall–Kier alpha value is -3.12. The monoisotopic (exact) mass is 382 g/mol. The zero-order valence-electron chi connectivity index (χ0n) is 14.7. The number of carbonyl (C=O) groups is 1. The highest BCUT2D eigenvalue weighted by Gasteiger charge is 2.15. The van der Waals surface area contributed by atoms with E-state index in [-0.39, 0.29) is 12.3 Å². The molecule has 27 heavy (non-hydrogen) atoms. The molecule has 0 amide bonds. The normalized spacial score (nSPS) is 11.2. The van der Waals surface area contributed by atoms with Crippen molar-refractivity contribution < 1.29 is 13.9 Å². The molecule has 4 aromatic rings. The van der Waals surface area contributed by atoms with Crippen molar-refractivity contribution in [2.75, 3.05) is 0 Å². The van der Waals surface area contributed by atoms with E-state index in [0.717, 1.165) is 11.1 Å². The van der Waals surface area contributed by atoms with Crippen molar-refractivity contribution in [2.24, 2.45) is 0 Å². The first kappa shape index (κ1) is 17.3. The lowest BCUT2D eigenvalue weighted by Gasteiger charge is -2.08. The van der Waals surface area contributed by atoms with Crippen LogP contribution in [0.2, 0.25) is 5.02 Å². The lowest BCUT2D eigenvalue weighted by molar-refractivity contribution is 0.0467. The van der Waals surface area contributed by atoms with Gasteiger partial charge in [-0.05, 0) is 49.2 Å². The van der Waals surface area contributed by atoms with E-state index in [1.165, 1.54) is 6.07 Å². The molecule has 3 heterocycles. The number of halogens is 1. The SMILES string of the molecule is Cc1ccn2cc(C(=O)OCc3cc(=O)oc4cc(C)c(Cl)cc34)nc2c1. The molecule has 0 aliphatic heterocycles. The fourth-order valence-corrected chi connectivity index (χ4v) is 3.03. The molecular weight excluding hydrogens is 368 g/mol. The van der Waals surface area contributed by atoms with Gasteiger partial charge < -0.3 is 13.6 Å². The molecule has 0 spiro atoms. The molecule has 0 aliphatic rings. The first-order chi connectivity index (χ1) is 12.9. The number of imidazole rings is 1. The summed E-state index contributed by atoms with van der Waals surface area (Å²) in [4.78, 5) is 28.5. The van der Waals surface area contributed by atoms with E-state index in [1.807, 2.05) is 32.2 Å². The molecule has 1 aromatic carbocycles. The second-order valence-electron chi connectivity index (χ2n) is 6.36. The summed E-state index contributed by atoms with van der Waals surface area (Å²) in [7, 11) is 0. The second-order valence-corrected chi connectivity index (χ2v) is 6.77. The highest BCUT2D eigenvalue weighted by atomic mass is 35.5. The minimum Gasteiger partial charge on any atom is -0.456 e. The van der Waals surface area contributed by atoms with Gasteiger partial charge in [0.2, 0.25) is 0 Å². The topological polar surface area (TPSA) is 73.8 Å². The fourth-order valence-electron chi connectivity index (χ4n) is 2.87. The molecule has 0 N–H and O–H groups in total. The van der Waals surface area contributed by atoms with Crippen molar-refractivity contribution in [2.45, 2.75) is 20.5 Å². The summed E-state index contributed by atoms with van der Waals surface area (Å²) in [5.74, 6) is -0.573.